The number of anilines is 1. The molecule has 0 aromatic heterocycles. The van der Waals surface area contributed by atoms with E-state index < -0.39 is 0 Å². The number of nitrogens with one attached hydrogen (secondary N) is 2. The summed E-state index contributed by atoms with van der Waals surface area (Å²) in [5, 5.41) is 5.68. The maximum atomic E-state index is 12.2. The monoisotopic (exact) mass is 339 g/mol. The molecular formula is C20H25N3O2. The topological polar surface area (TPSA) is 84.2 Å². The Kier molecular flexibility index (Phi) is 6.31. The average molecular weight is 339 g/mol. The Morgan fingerprint density at radius 3 is 2.40 bits per heavy atom. The third-order valence-corrected chi connectivity index (χ3v) is 3.82. The molecule has 0 aliphatic rings. The second-order valence-electron chi connectivity index (χ2n) is 6.43. The van der Waals surface area contributed by atoms with Crippen molar-refractivity contribution in [2.24, 2.45) is 5.73 Å². The van der Waals surface area contributed by atoms with Crippen LogP contribution in [0, 0.1) is 6.92 Å². The van der Waals surface area contributed by atoms with Crippen LogP contribution in [-0.2, 0) is 4.79 Å². The van der Waals surface area contributed by atoms with Gasteiger partial charge in [-0.3, -0.25) is 9.59 Å². The van der Waals surface area contributed by atoms with Crippen molar-refractivity contribution < 1.29 is 9.59 Å². The lowest BCUT2D eigenvalue weighted by Crippen LogP contribution is -2.30. The van der Waals surface area contributed by atoms with Crippen molar-refractivity contribution in [3.63, 3.8) is 0 Å². The molecule has 5 heteroatoms. The van der Waals surface area contributed by atoms with Gasteiger partial charge in [0.15, 0.2) is 0 Å². The quantitative estimate of drug-likeness (QED) is 0.756. The third-order valence-electron chi connectivity index (χ3n) is 3.82. The molecule has 0 bridgehead atoms. The summed E-state index contributed by atoms with van der Waals surface area (Å²) in [6.45, 7) is 5.68. The molecule has 0 fully saturated rings. The Morgan fingerprint density at radius 2 is 1.76 bits per heavy atom. The van der Waals surface area contributed by atoms with Gasteiger partial charge in [0.1, 0.15) is 0 Å². The van der Waals surface area contributed by atoms with E-state index in [0.717, 1.165) is 11.1 Å². The van der Waals surface area contributed by atoms with Crippen molar-refractivity contribution in [3.05, 3.63) is 65.2 Å². The summed E-state index contributed by atoms with van der Waals surface area (Å²) < 4.78 is 0. The van der Waals surface area contributed by atoms with Crippen LogP contribution in [0.4, 0.5) is 5.69 Å². The molecule has 2 amide bonds. The molecule has 2 aromatic carbocycles. The van der Waals surface area contributed by atoms with Crippen molar-refractivity contribution in [3.8, 4) is 0 Å². The summed E-state index contributed by atoms with van der Waals surface area (Å²) in [5.41, 5.74) is 9.00. The number of amides is 2. The lowest BCUT2D eigenvalue weighted by atomic mass is 10.0. The molecule has 0 spiro atoms. The van der Waals surface area contributed by atoms with E-state index in [0.29, 0.717) is 11.3 Å². The number of carbonyl (C=O) groups is 2. The fourth-order valence-corrected chi connectivity index (χ4v) is 2.51. The number of rotatable bonds is 6. The van der Waals surface area contributed by atoms with Crippen molar-refractivity contribution in [2.45, 2.75) is 39.3 Å². The van der Waals surface area contributed by atoms with Gasteiger partial charge in [-0.1, -0.05) is 36.4 Å². The van der Waals surface area contributed by atoms with Crippen LogP contribution in [0.3, 0.4) is 0 Å². The first-order chi connectivity index (χ1) is 11.9. The van der Waals surface area contributed by atoms with Gasteiger partial charge < -0.3 is 16.4 Å². The SMILES string of the molecule is Cc1ccc(NC(=O)CC(N)c2ccccc2)cc1C(=O)NC(C)C. The van der Waals surface area contributed by atoms with E-state index in [1.807, 2.05) is 57.2 Å². The van der Waals surface area contributed by atoms with Crippen molar-refractivity contribution in [2.75, 3.05) is 5.32 Å². The molecule has 5 nitrogen and oxygen atoms in total. The second kappa shape index (κ2) is 8.44. The smallest absolute Gasteiger partial charge is 0.251 e. The Morgan fingerprint density at radius 1 is 1.08 bits per heavy atom. The van der Waals surface area contributed by atoms with Gasteiger partial charge in [-0.2, -0.15) is 0 Å². The molecule has 4 N–H and O–H groups in total. The molecule has 25 heavy (non-hydrogen) atoms. The number of nitrogens with two attached hydrogens (primary N) is 1. The highest BCUT2D eigenvalue weighted by Crippen LogP contribution is 2.18. The van der Waals surface area contributed by atoms with E-state index in [1.165, 1.54) is 0 Å². The summed E-state index contributed by atoms with van der Waals surface area (Å²) in [6.07, 6.45) is 0.172. The molecule has 2 aromatic rings. The Labute approximate surface area is 148 Å². The van der Waals surface area contributed by atoms with Crippen LogP contribution < -0.4 is 16.4 Å². The first kappa shape index (κ1) is 18.7. The van der Waals surface area contributed by atoms with Crippen LogP contribution in [0.2, 0.25) is 0 Å². The highest BCUT2D eigenvalue weighted by molar-refractivity contribution is 5.98. The number of hydrogen-bond acceptors (Lipinski definition) is 3. The fourth-order valence-electron chi connectivity index (χ4n) is 2.51. The van der Waals surface area contributed by atoms with Crippen LogP contribution in [0.5, 0.6) is 0 Å². The maximum absolute atomic E-state index is 12.2. The number of benzene rings is 2. The first-order valence-electron chi connectivity index (χ1n) is 8.38. The summed E-state index contributed by atoms with van der Waals surface area (Å²) in [6, 6.07) is 14.5. The van der Waals surface area contributed by atoms with Crippen molar-refractivity contribution in [1.29, 1.82) is 0 Å². The van der Waals surface area contributed by atoms with Gasteiger partial charge in [0.25, 0.3) is 5.91 Å². The molecule has 1 unspecified atom stereocenters. The zero-order valence-electron chi connectivity index (χ0n) is 14.9. The van der Waals surface area contributed by atoms with Crippen LogP contribution >= 0.6 is 0 Å². The summed E-state index contributed by atoms with van der Waals surface area (Å²) in [5.74, 6) is -0.333. The van der Waals surface area contributed by atoms with Gasteiger partial charge in [0.2, 0.25) is 5.91 Å². The Bertz CT molecular complexity index is 742. The average Bonchev–Trinajstić information content (AvgIpc) is 2.56. The van der Waals surface area contributed by atoms with E-state index >= 15 is 0 Å². The van der Waals surface area contributed by atoms with Gasteiger partial charge in [-0.05, 0) is 44.0 Å². The highest BCUT2D eigenvalue weighted by atomic mass is 16.2. The highest BCUT2D eigenvalue weighted by Gasteiger charge is 2.14. The number of hydrogen-bond donors (Lipinski definition) is 3. The lowest BCUT2D eigenvalue weighted by Gasteiger charge is -2.14. The van der Waals surface area contributed by atoms with E-state index in [-0.39, 0.29) is 30.3 Å². The minimum atomic E-state index is -0.365. The Hall–Kier alpha value is -2.66. The predicted octanol–water partition coefficient (Wildman–Crippen LogP) is 3.16. The second-order valence-corrected chi connectivity index (χ2v) is 6.43. The molecule has 0 heterocycles. The zero-order chi connectivity index (χ0) is 18.4. The van der Waals surface area contributed by atoms with Crippen LogP contribution in [-0.4, -0.2) is 17.9 Å². The summed E-state index contributed by atoms with van der Waals surface area (Å²) in [4.78, 5) is 24.5. The molecule has 0 aliphatic heterocycles. The molecule has 132 valence electrons. The molecule has 0 saturated carbocycles. The standard InChI is InChI=1S/C20H25N3O2/c1-13(2)22-20(25)17-11-16(10-9-14(17)3)23-19(24)12-18(21)15-7-5-4-6-8-15/h4-11,13,18H,12,21H2,1-3H3,(H,22,25)(H,23,24). The molecule has 2 rings (SSSR count). The first-order valence-corrected chi connectivity index (χ1v) is 8.38. The Balaban J connectivity index is 2.04. The van der Waals surface area contributed by atoms with Crippen LogP contribution in [0.15, 0.2) is 48.5 Å². The third kappa shape index (κ3) is 5.43. The van der Waals surface area contributed by atoms with E-state index in [1.54, 1.807) is 12.1 Å². The molecular weight excluding hydrogens is 314 g/mol. The normalized spacial score (nSPS) is 11.9. The van der Waals surface area contributed by atoms with Gasteiger partial charge in [0, 0.05) is 29.8 Å². The predicted molar refractivity (Wildman–Crippen MR) is 100 cm³/mol. The van der Waals surface area contributed by atoms with Crippen molar-refractivity contribution in [1.82, 2.24) is 5.32 Å². The van der Waals surface area contributed by atoms with E-state index in [2.05, 4.69) is 10.6 Å². The number of aryl methyl sites for hydroxylation is 1. The van der Waals surface area contributed by atoms with Gasteiger partial charge in [-0.25, -0.2) is 0 Å². The molecule has 0 radical (unpaired) electrons. The van der Waals surface area contributed by atoms with Gasteiger partial charge in [0.05, 0.1) is 0 Å². The minimum Gasteiger partial charge on any atom is -0.350 e. The van der Waals surface area contributed by atoms with Crippen molar-refractivity contribution >= 4 is 17.5 Å². The summed E-state index contributed by atoms with van der Waals surface area (Å²) in [7, 11) is 0. The van der Waals surface area contributed by atoms with Gasteiger partial charge in [-0.15, -0.1) is 0 Å². The van der Waals surface area contributed by atoms with E-state index in [9.17, 15) is 9.59 Å². The molecule has 0 saturated heterocycles. The largest absolute Gasteiger partial charge is 0.350 e. The van der Waals surface area contributed by atoms with Crippen LogP contribution in [0.1, 0.15) is 47.8 Å². The minimum absolute atomic E-state index is 0.0500. The fraction of sp³-hybridized carbons (Fsp3) is 0.300. The van der Waals surface area contributed by atoms with Crippen LogP contribution in [0.25, 0.3) is 0 Å². The number of carbonyl (C=O) groups excluding carboxylic acids is 2. The lowest BCUT2D eigenvalue weighted by molar-refractivity contribution is -0.116. The maximum Gasteiger partial charge on any atom is 0.251 e. The molecule has 1 atom stereocenters. The summed E-state index contributed by atoms with van der Waals surface area (Å²) >= 11 is 0. The van der Waals surface area contributed by atoms with E-state index in [4.69, 9.17) is 5.73 Å². The zero-order valence-corrected chi connectivity index (χ0v) is 14.9. The van der Waals surface area contributed by atoms with Gasteiger partial charge >= 0.3 is 0 Å². The molecule has 0 aliphatic carbocycles.